The van der Waals surface area contributed by atoms with Crippen molar-refractivity contribution < 1.29 is 13.2 Å². The number of aromatic nitrogens is 6. The summed E-state index contributed by atoms with van der Waals surface area (Å²) in [4.78, 5) is 19.0. The van der Waals surface area contributed by atoms with Crippen LogP contribution in [0.25, 0.3) is 33.5 Å². The summed E-state index contributed by atoms with van der Waals surface area (Å²) in [6, 6.07) is 3.63. The van der Waals surface area contributed by atoms with E-state index in [-0.39, 0.29) is 11.7 Å². The van der Waals surface area contributed by atoms with Gasteiger partial charge >= 0.3 is 0 Å². The summed E-state index contributed by atoms with van der Waals surface area (Å²) < 4.78 is 32.8. The molecule has 1 saturated heterocycles. The number of morpholine rings is 1. The Morgan fingerprint density at radius 1 is 1.22 bits per heavy atom. The van der Waals surface area contributed by atoms with E-state index >= 15 is 0 Å². The van der Waals surface area contributed by atoms with Gasteiger partial charge in [0.05, 0.1) is 36.1 Å². The van der Waals surface area contributed by atoms with Gasteiger partial charge < -0.3 is 14.6 Å². The maximum absolute atomic E-state index is 13.1. The molecule has 0 radical (unpaired) electrons. The molecule has 2 aliphatic rings. The van der Waals surface area contributed by atoms with Gasteiger partial charge in [0, 0.05) is 23.7 Å². The van der Waals surface area contributed by atoms with E-state index in [0.717, 1.165) is 9.47 Å². The molecule has 4 aromatic rings. The van der Waals surface area contributed by atoms with Crippen molar-refractivity contribution >= 4 is 49.5 Å². The highest BCUT2D eigenvalue weighted by molar-refractivity contribution is 7.90. The standard InChI is InChI=1S/C20H20ClN7O3S/c1-11-10-31-7-6-27(11)19-15-9-23-28(32(29,30)12-2-3-12)20(15)26-18(25-19)14-8-16(21)24-17-13(14)4-5-22-17/h4-5,8-9,11-12H,2-3,6-7,10H2,1H3,(H,22,24). The summed E-state index contributed by atoms with van der Waals surface area (Å²) in [5, 5.41) is 5.50. The average molecular weight is 474 g/mol. The van der Waals surface area contributed by atoms with Crippen molar-refractivity contribution in [2.45, 2.75) is 31.1 Å². The first-order chi connectivity index (χ1) is 15.4. The SMILES string of the molecule is CC1COCCN1c1nc(-c2cc(Cl)nc3[nH]ccc23)nc2c1cnn2S(=O)(=O)C1CC1. The van der Waals surface area contributed by atoms with E-state index in [1.807, 2.05) is 13.0 Å². The van der Waals surface area contributed by atoms with Crippen LogP contribution in [-0.2, 0) is 14.8 Å². The number of ether oxygens (including phenoxy) is 1. The number of aromatic amines is 1. The molecule has 32 heavy (non-hydrogen) atoms. The van der Waals surface area contributed by atoms with Crippen molar-refractivity contribution in [2.24, 2.45) is 0 Å². The van der Waals surface area contributed by atoms with E-state index in [2.05, 4.69) is 25.0 Å². The van der Waals surface area contributed by atoms with Crippen LogP contribution in [0.1, 0.15) is 19.8 Å². The van der Waals surface area contributed by atoms with Crippen molar-refractivity contribution in [1.29, 1.82) is 0 Å². The molecule has 1 atom stereocenters. The van der Waals surface area contributed by atoms with Crippen LogP contribution in [0, 0.1) is 0 Å². The Morgan fingerprint density at radius 3 is 2.84 bits per heavy atom. The summed E-state index contributed by atoms with van der Waals surface area (Å²) in [5.74, 6) is 1.00. The van der Waals surface area contributed by atoms with Crippen LogP contribution >= 0.6 is 11.6 Å². The van der Waals surface area contributed by atoms with Crippen molar-refractivity contribution in [3.8, 4) is 11.4 Å². The number of halogens is 1. The van der Waals surface area contributed by atoms with Crippen LogP contribution < -0.4 is 4.90 Å². The number of H-pyrrole nitrogens is 1. The molecule has 0 aromatic carbocycles. The fourth-order valence-electron chi connectivity index (χ4n) is 4.14. The highest BCUT2D eigenvalue weighted by Gasteiger charge is 2.39. The third kappa shape index (κ3) is 3.06. The molecular weight excluding hydrogens is 454 g/mol. The van der Waals surface area contributed by atoms with Crippen molar-refractivity contribution in [3.05, 3.63) is 29.7 Å². The Hall–Kier alpha value is -2.76. The van der Waals surface area contributed by atoms with Gasteiger partial charge in [-0.1, -0.05) is 11.6 Å². The zero-order chi connectivity index (χ0) is 22.0. The predicted octanol–water partition coefficient (Wildman–Crippen LogP) is 2.59. The summed E-state index contributed by atoms with van der Waals surface area (Å²) in [6.45, 7) is 3.79. The minimum Gasteiger partial charge on any atom is -0.377 e. The molecule has 1 unspecified atom stereocenters. The molecule has 6 rings (SSSR count). The Labute approximate surface area is 188 Å². The molecule has 0 bridgehead atoms. The van der Waals surface area contributed by atoms with E-state index < -0.39 is 15.3 Å². The first-order valence-electron chi connectivity index (χ1n) is 10.4. The van der Waals surface area contributed by atoms with Crippen molar-refractivity contribution in [3.63, 3.8) is 0 Å². The zero-order valence-corrected chi connectivity index (χ0v) is 18.8. The fraction of sp³-hybridized carbons (Fsp3) is 0.400. The average Bonchev–Trinajstić information content (AvgIpc) is 3.39. The number of nitrogens with one attached hydrogen (secondary N) is 1. The van der Waals surface area contributed by atoms with Crippen LogP contribution in [0.15, 0.2) is 24.5 Å². The van der Waals surface area contributed by atoms with Crippen molar-refractivity contribution in [1.82, 2.24) is 29.1 Å². The number of pyridine rings is 1. The maximum atomic E-state index is 13.1. The Bertz CT molecular complexity index is 1460. The highest BCUT2D eigenvalue weighted by Crippen LogP contribution is 2.36. The van der Waals surface area contributed by atoms with Gasteiger partial charge in [0.2, 0.25) is 0 Å². The Kier molecular flexibility index (Phi) is 4.43. The lowest BCUT2D eigenvalue weighted by Gasteiger charge is -2.34. The number of fused-ring (bicyclic) bond motifs is 2. The monoisotopic (exact) mass is 473 g/mol. The lowest BCUT2D eigenvalue weighted by Crippen LogP contribution is -2.44. The molecule has 12 heteroatoms. The Balaban J connectivity index is 1.64. The van der Waals surface area contributed by atoms with Gasteiger partial charge in [-0.2, -0.15) is 5.10 Å². The smallest absolute Gasteiger partial charge is 0.258 e. The van der Waals surface area contributed by atoms with E-state index in [1.54, 1.807) is 18.5 Å². The van der Waals surface area contributed by atoms with Gasteiger partial charge in [0.15, 0.2) is 11.5 Å². The minimum atomic E-state index is -3.62. The van der Waals surface area contributed by atoms with Crippen LogP contribution in [-0.4, -0.2) is 68.6 Å². The lowest BCUT2D eigenvalue weighted by molar-refractivity contribution is 0.0987. The Morgan fingerprint density at radius 2 is 2.06 bits per heavy atom. The number of rotatable bonds is 4. The third-order valence-electron chi connectivity index (χ3n) is 5.94. The van der Waals surface area contributed by atoms with Gasteiger partial charge in [-0.3, -0.25) is 0 Å². The maximum Gasteiger partial charge on any atom is 0.258 e. The minimum absolute atomic E-state index is 0.0615. The molecule has 166 valence electrons. The number of anilines is 1. The summed E-state index contributed by atoms with van der Waals surface area (Å²) in [5.41, 5.74) is 1.55. The fourth-order valence-corrected chi connectivity index (χ4v) is 5.90. The predicted molar refractivity (Wildman–Crippen MR) is 120 cm³/mol. The second-order valence-electron chi connectivity index (χ2n) is 8.19. The molecule has 1 aliphatic carbocycles. The van der Waals surface area contributed by atoms with E-state index in [9.17, 15) is 8.42 Å². The molecule has 2 fully saturated rings. The van der Waals surface area contributed by atoms with E-state index in [0.29, 0.717) is 66.0 Å². The first-order valence-corrected chi connectivity index (χ1v) is 12.3. The molecule has 1 aliphatic heterocycles. The zero-order valence-electron chi connectivity index (χ0n) is 17.2. The van der Waals surface area contributed by atoms with Gasteiger partial charge in [-0.15, -0.1) is 4.09 Å². The molecule has 1 N–H and O–H groups in total. The molecule has 4 aromatic heterocycles. The largest absolute Gasteiger partial charge is 0.377 e. The van der Waals surface area contributed by atoms with E-state index in [1.165, 1.54) is 0 Å². The number of hydrogen-bond donors (Lipinski definition) is 1. The quantitative estimate of drug-likeness (QED) is 0.449. The van der Waals surface area contributed by atoms with Gasteiger partial charge in [0.25, 0.3) is 10.0 Å². The topological polar surface area (TPSA) is 119 Å². The second-order valence-corrected chi connectivity index (χ2v) is 10.6. The molecule has 0 amide bonds. The van der Waals surface area contributed by atoms with Crippen molar-refractivity contribution in [2.75, 3.05) is 24.7 Å². The van der Waals surface area contributed by atoms with Gasteiger partial charge in [0.1, 0.15) is 16.6 Å². The molecular formula is C20H20ClN7O3S. The van der Waals surface area contributed by atoms with Gasteiger partial charge in [-0.05, 0) is 31.9 Å². The molecule has 10 nitrogen and oxygen atoms in total. The number of nitrogens with zero attached hydrogens (tertiary/aromatic N) is 6. The normalized spacial score (nSPS) is 19.8. The molecule has 1 saturated carbocycles. The molecule has 0 spiro atoms. The summed E-state index contributed by atoms with van der Waals surface area (Å²) >= 11 is 6.27. The van der Waals surface area contributed by atoms with Crippen LogP contribution in [0.4, 0.5) is 5.82 Å². The number of hydrogen-bond acceptors (Lipinski definition) is 8. The van der Waals surface area contributed by atoms with Crippen LogP contribution in [0.3, 0.4) is 0 Å². The summed E-state index contributed by atoms with van der Waals surface area (Å²) in [6.07, 6.45) is 4.59. The van der Waals surface area contributed by atoms with Crippen LogP contribution in [0.5, 0.6) is 0 Å². The highest BCUT2D eigenvalue weighted by atomic mass is 35.5. The summed E-state index contributed by atoms with van der Waals surface area (Å²) in [7, 11) is -3.62. The lowest BCUT2D eigenvalue weighted by atomic mass is 10.1. The van der Waals surface area contributed by atoms with Crippen LogP contribution in [0.2, 0.25) is 5.15 Å². The third-order valence-corrected chi connectivity index (χ3v) is 8.20. The first kappa shape index (κ1) is 19.9. The van der Waals surface area contributed by atoms with Gasteiger partial charge in [-0.25, -0.2) is 23.4 Å². The second kappa shape index (κ2) is 7.12. The molecule has 5 heterocycles. The van der Waals surface area contributed by atoms with E-state index in [4.69, 9.17) is 21.3 Å².